The monoisotopic (exact) mass is 320 g/mol. The highest BCUT2D eigenvalue weighted by Gasteiger charge is 2.14. The normalized spacial score (nSPS) is 10.2. The van der Waals surface area contributed by atoms with Crippen molar-refractivity contribution in [3.05, 3.63) is 58.4 Å². The van der Waals surface area contributed by atoms with Gasteiger partial charge >= 0.3 is 0 Å². The minimum Gasteiger partial charge on any atom is -0.324 e. The molecule has 0 aliphatic carbocycles. The van der Waals surface area contributed by atoms with E-state index in [2.05, 4.69) is 10.6 Å². The van der Waals surface area contributed by atoms with E-state index in [1.54, 1.807) is 25.1 Å². The zero-order chi connectivity index (χ0) is 16.3. The summed E-state index contributed by atoms with van der Waals surface area (Å²) in [5.41, 5.74) is 1.39. The molecule has 6 heteroatoms. The van der Waals surface area contributed by atoms with E-state index in [4.69, 9.17) is 11.6 Å². The van der Waals surface area contributed by atoms with Crippen molar-refractivity contribution < 1.29 is 14.0 Å². The summed E-state index contributed by atoms with van der Waals surface area (Å²) in [5.74, 6) is -1.52. The third-order valence-corrected chi connectivity index (χ3v) is 3.14. The molecule has 0 atom stereocenters. The fourth-order valence-corrected chi connectivity index (χ4v) is 2.09. The highest BCUT2D eigenvalue weighted by molar-refractivity contribution is 6.31. The minimum absolute atomic E-state index is 0.0660. The number of hydrogen-bond acceptors (Lipinski definition) is 2. The van der Waals surface area contributed by atoms with Gasteiger partial charge in [0.2, 0.25) is 5.91 Å². The Morgan fingerprint density at radius 2 is 1.77 bits per heavy atom. The molecule has 4 nitrogen and oxygen atoms in total. The van der Waals surface area contributed by atoms with Crippen molar-refractivity contribution in [2.45, 2.75) is 13.8 Å². The number of hydrogen-bond donors (Lipinski definition) is 2. The fourth-order valence-electron chi connectivity index (χ4n) is 1.92. The quantitative estimate of drug-likeness (QED) is 0.898. The Balaban J connectivity index is 2.32. The molecule has 2 N–H and O–H groups in total. The minimum atomic E-state index is -0.613. The highest BCUT2D eigenvalue weighted by atomic mass is 35.5. The van der Waals surface area contributed by atoms with Crippen LogP contribution in [0, 0.1) is 12.7 Å². The average molecular weight is 321 g/mol. The van der Waals surface area contributed by atoms with Crippen LogP contribution in [0.15, 0.2) is 36.4 Å². The molecule has 0 saturated carbocycles. The lowest BCUT2D eigenvalue weighted by molar-refractivity contribution is -0.114. The largest absolute Gasteiger partial charge is 0.324 e. The van der Waals surface area contributed by atoms with Gasteiger partial charge in [0.25, 0.3) is 5.91 Å². The zero-order valence-electron chi connectivity index (χ0n) is 12.0. The lowest BCUT2D eigenvalue weighted by Crippen LogP contribution is -2.16. The van der Waals surface area contributed by atoms with Crippen LogP contribution in [-0.2, 0) is 4.79 Å². The second-order valence-electron chi connectivity index (χ2n) is 4.81. The lowest BCUT2D eigenvalue weighted by atomic mass is 10.1. The number of nitrogens with one attached hydrogen (secondary N) is 2. The van der Waals surface area contributed by atoms with Crippen LogP contribution in [0.2, 0.25) is 5.02 Å². The van der Waals surface area contributed by atoms with Gasteiger partial charge in [-0.2, -0.15) is 0 Å². The first-order chi connectivity index (χ1) is 10.4. The molecule has 114 valence electrons. The molecule has 22 heavy (non-hydrogen) atoms. The number of anilines is 2. The van der Waals surface area contributed by atoms with E-state index in [1.165, 1.54) is 25.1 Å². The molecule has 2 aromatic rings. The van der Waals surface area contributed by atoms with Gasteiger partial charge in [-0.1, -0.05) is 23.2 Å². The Morgan fingerprint density at radius 3 is 2.45 bits per heavy atom. The molecule has 0 saturated heterocycles. The molecule has 0 unspecified atom stereocenters. The number of amides is 2. The number of carbonyl (C=O) groups excluding carboxylic acids is 2. The van der Waals surface area contributed by atoms with Crippen molar-refractivity contribution in [2.24, 2.45) is 0 Å². The van der Waals surface area contributed by atoms with Gasteiger partial charge in [-0.05, 0) is 37.3 Å². The predicted molar refractivity (Wildman–Crippen MR) is 84.8 cm³/mol. The molecule has 0 aromatic heterocycles. The molecule has 0 spiro atoms. The second kappa shape index (κ2) is 6.58. The molecule has 0 fully saturated rings. The van der Waals surface area contributed by atoms with Crippen molar-refractivity contribution in [1.82, 2.24) is 0 Å². The summed E-state index contributed by atoms with van der Waals surface area (Å²) >= 11 is 5.88. The smallest absolute Gasteiger partial charge is 0.258 e. The summed E-state index contributed by atoms with van der Waals surface area (Å²) in [6, 6.07) is 8.89. The van der Waals surface area contributed by atoms with Gasteiger partial charge in [0.15, 0.2) is 0 Å². The lowest BCUT2D eigenvalue weighted by Gasteiger charge is -2.12. The standard InChI is InChI=1S/C16H14ClFN2O2/c1-9-3-5-13(18)12(7-9)16(22)20-14-6-4-11(17)8-15(14)19-10(2)21/h3-8H,1-2H3,(H,19,21)(H,20,22). The third kappa shape index (κ3) is 3.83. The van der Waals surface area contributed by atoms with E-state index in [0.717, 1.165) is 5.56 Å². The zero-order valence-corrected chi connectivity index (χ0v) is 12.8. The van der Waals surface area contributed by atoms with E-state index >= 15 is 0 Å². The van der Waals surface area contributed by atoms with Gasteiger partial charge in [0.05, 0.1) is 16.9 Å². The third-order valence-electron chi connectivity index (χ3n) is 2.91. The van der Waals surface area contributed by atoms with Crippen LogP contribution in [0.25, 0.3) is 0 Å². The van der Waals surface area contributed by atoms with E-state index in [1.807, 2.05) is 0 Å². The molecule has 2 aromatic carbocycles. The molecule has 0 aliphatic rings. The van der Waals surface area contributed by atoms with Crippen LogP contribution >= 0.6 is 11.6 Å². The molecule has 0 heterocycles. The molecular weight excluding hydrogens is 307 g/mol. The molecule has 0 bridgehead atoms. The highest BCUT2D eigenvalue weighted by Crippen LogP contribution is 2.26. The van der Waals surface area contributed by atoms with Crippen molar-refractivity contribution in [2.75, 3.05) is 10.6 Å². The topological polar surface area (TPSA) is 58.2 Å². The Labute approximate surface area is 132 Å². The summed E-state index contributed by atoms with van der Waals surface area (Å²) in [6.07, 6.45) is 0. The number of rotatable bonds is 3. The van der Waals surface area contributed by atoms with Gasteiger partial charge in [-0.3, -0.25) is 9.59 Å². The van der Waals surface area contributed by atoms with E-state index in [9.17, 15) is 14.0 Å². The summed E-state index contributed by atoms with van der Waals surface area (Å²) in [4.78, 5) is 23.4. The first kappa shape index (κ1) is 16.0. The van der Waals surface area contributed by atoms with E-state index < -0.39 is 11.7 Å². The van der Waals surface area contributed by atoms with Crippen molar-refractivity contribution in [3.63, 3.8) is 0 Å². The molecule has 0 aliphatic heterocycles. The fraction of sp³-hybridized carbons (Fsp3) is 0.125. The Kier molecular flexibility index (Phi) is 4.78. The van der Waals surface area contributed by atoms with Crippen molar-refractivity contribution in [3.8, 4) is 0 Å². The van der Waals surface area contributed by atoms with Crippen LogP contribution in [0.3, 0.4) is 0 Å². The Bertz CT molecular complexity index is 747. The van der Waals surface area contributed by atoms with Crippen LogP contribution in [0.1, 0.15) is 22.8 Å². The second-order valence-corrected chi connectivity index (χ2v) is 5.24. The summed E-state index contributed by atoms with van der Waals surface area (Å²) < 4.78 is 13.7. The summed E-state index contributed by atoms with van der Waals surface area (Å²) in [7, 11) is 0. The summed E-state index contributed by atoms with van der Waals surface area (Å²) in [6.45, 7) is 3.11. The number of aryl methyl sites for hydroxylation is 1. The predicted octanol–water partition coefficient (Wildman–Crippen LogP) is 4.00. The van der Waals surface area contributed by atoms with Crippen LogP contribution in [-0.4, -0.2) is 11.8 Å². The van der Waals surface area contributed by atoms with Gasteiger partial charge in [-0.25, -0.2) is 4.39 Å². The SMILES string of the molecule is CC(=O)Nc1cc(Cl)ccc1NC(=O)c1cc(C)ccc1F. The average Bonchev–Trinajstić information content (AvgIpc) is 2.43. The van der Waals surface area contributed by atoms with Gasteiger partial charge in [0, 0.05) is 11.9 Å². The van der Waals surface area contributed by atoms with Crippen LogP contribution in [0.4, 0.5) is 15.8 Å². The van der Waals surface area contributed by atoms with E-state index in [-0.39, 0.29) is 11.5 Å². The molecule has 0 radical (unpaired) electrons. The maximum atomic E-state index is 13.7. The van der Waals surface area contributed by atoms with Gasteiger partial charge in [-0.15, -0.1) is 0 Å². The number of benzene rings is 2. The van der Waals surface area contributed by atoms with E-state index in [0.29, 0.717) is 16.4 Å². The molecular formula is C16H14ClFN2O2. The molecule has 2 rings (SSSR count). The first-order valence-electron chi connectivity index (χ1n) is 6.51. The van der Waals surface area contributed by atoms with Crippen LogP contribution in [0.5, 0.6) is 0 Å². The first-order valence-corrected chi connectivity index (χ1v) is 6.89. The maximum absolute atomic E-state index is 13.7. The maximum Gasteiger partial charge on any atom is 0.258 e. The van der Waals surface area contributed by atoms with Crippen molar-refractivity contribution in [1.29, 1.82) is 0 Å². The number of halogens is 2. The van der Waals surface area contributed by atoms with Gasteiger partial charge in [0.1, 0.15) is 5.82 Å². The van der Waals surface area contributed by atoms with Crippen molar-refractivity contribution >= 4 is 34.8 Å². The summed E-state index contributed by atoms with van der Waals surface area (Å²) in [5, 5.41) is 5.55. The Hall–Kier alpha value is -2.40. The Morgan fingerprint density at radius 1 is 1.05 bits per heavy atom. The van der Waals surface area contributed by atoms with Crippen LogP contribution < -0.4 is 10.6 Å². The number of carbonyl (C=O) groups is 2. The van der Waals surface area contributed by atoms with Gasteiger partial charge < -0.3 is 10.6 Å². The molecule has 2 amide bonds.